The van der Waals surface area contributed by atoms with Crippen molar-refractivity contribution in [2.75, 3.05) is 12.1 Å². The number of hydrogen-bond donors (Lipinski definition) is 4. The summed E-state index contributed by atoms with van der Waals surface area (Å²) in [5, 5.41) is 15.6. The van der Waals surface area contributed by atoms with E-state index in [1.165, 1.54) is 30.7 Å². The van der Waals surface area contributed by atoms with Gasteiger partial charge in [-0.25, -0.2) is 14.7 Å². The molecule has 232 valence electrons. The van der Waals surface area contributed by atoms with Crippen LogP contribution in [0.25, 0.3) is 0 Å². The van der Waals surface area contributed by atoms with E-state index in [1.54, 1.807) is 37.3 Å². The van der Waals surface area contributed by atoms with Gasteiger partial charge in [-0.15, -0.1) is 0 Å². The van der Waals surface area contributed by atoms with E-state index in [0.717, 1.165) is 10.5 Å². The molecule has 4 aromatic rings. The van der Waals surface area contributed by atoms with Crippen LogP contribution in [0.1, 0.15) is 55.9 Å². The van der Waals surface area contributed by atoms with Crippen LogP contribution in [0.2, 0.25) is 0 Å². The van der Waals surface area contributed by atoms with Crippen LogP contribution in [0.15, 0.2) is 70.5 Å². The summed E-state index contributed by atoms with van der Waals surface area (Å²) in [4.78, 5) is 59.6. The Morgan fingerprint density at radius 2 is 1.87 bits per heavy atom. The molecule has 0 atom stereocenters. The number of nitrogens with zero attached hydrogens (tertiary/aromatic N) is 3. The van der Waals surface area contributed by atoms with Gasteiger partial charge in [0.2, 0.25) is 6.79 Å². The average Bonchev–Trinajstić information content (AvgIpc) is 3.55. The van der Waals surface area contributed by atoms with Crippen molar-refractivity contribution in [3.05, 3.63) is 94.5 Å². The number of phenols is 1. The monoisotopic (exact) mass is 614 g/mol. The quantitative estimate of drug-likeness (QED) is 0.0871. The number of amides is 3. The first-order chi connectivity index (χ1) is 21.6. The number of aromatic hydroxyl groups is 1. The van der Waals surface area contributed by atoms with E-state index in [-0.39, 0.29) is 35.4 Å². The van der Waals surface area contributed by atoms with Gasteiger partial charge in [0.05, 0.1) is 23.4 Å². The highest BCUT2D eigenvalue weighted by molar-refractivity contribution is 6.08. The highest BCUT2D eigenvalue weighted by atomic mass is 16.7. The molecule has 5 rings (SSSR count). The minimum absolute atomic E-state index is 0.0600. The molecule has 5 N–H and O–H groups in total. The number of carbonyl (C=O) groups is 4. The Balaban J connectivity index is 1.24. The lowest BCUT2D eigenvalue weighted by Gasteiger charge is -2.20. The van der Waals surface area contributed by atoms with Crippen molar-refractivity contribution in [1.29, 1.82) is 0 Å². The number of nitrogens with one attached hydrogen (secondary N) is 2. The first kappa shape index (κ1) is 30.5. The van der Waals surface area contributed by atoms with Crippen LogP contribution in [0.3, 0.4) is 0 Å². The zero-order chi connectivity index (χ0) is 32.1. The third kappa shape index (κ3) is 7.36. The lowest BCUT2D eigenvalue weighted by Crippen LogP contribution is -2.39. The predicted octanol–water partition coefficient (Wildman–Crippen LogP) is 4.10. The van der Waals surface area contributed by atoms with E-state index in [1.807, 2.05) is 6.92 Å². The molecule has 0 aliphatic heterocycles. The molecular formula is C31H30N6O8. The van der Waals surface area contributed by atoms with Gasteiger partial charge in [-0.05, 0) is 67.6 Å². The van der Waals surface area contributed by atoms with Gasteiger partial charge < -0.3 is 35.1 Å². The molecule has 0 saturated heterocycles. The Kier molecular flexibility index (Phi) is 8.93. The highest BCUT2D eigenvalue weighted by Crippen LogP contribution is 2.30. The zero-order valence-electron chi connectivity index (χ0n) is 24.4. The largest absolute Gasteiger partial charge is 0.508 e. The molecule has 2 aromatic carbocycles. The van der Waals surface area contributed by atoms with Crippen molar-refractivity contribution in [3.8, 4) is 5.75 Å². The Morgan fingerprint density at radius 3 is 2.56 bits per heavy atom. The molecule has 3 amide bonds. The summed E-state index contributed by atoms with van der Waals surface area (Å²) in [5.74, 6) is -1.27. The smallest absolute Gasteiger partial charge is 0.419 e. The zero-order valence-corrected chi connectivity index (χ0v) is 24.4. The normalized spacial score (nSPS) is 12.8. The number of aliphatic imine (C=N–C) groups is 1. The molecule has 2 aromatic heterocycles. The van der Waals surface area contributed by atoms with E-state index in [9.17, 15) is 24.3 Å². The summed E-state index contributed by atoms with van der Waals surface area (Å²) >= 11 is 0. The van der Waals surface area contributed by atoms with E-state index in [4.69, 9.17) is 19.7 Å². The summed E-state index contributed by atoms with van der Waals surface area (Å²) in [7, 11) is 0. The van der Waals surface area contributed by atoms with Gasteiger partial charge in [0.1, 0.15) is 17.8 Å². The maximum Gasteiger partial charge on any atom is 0.419 e. The van der Waals surface area contributed by atoms with Gasteiger partial charge in [0.15, 0.2) is 5.82 Å². The van der Waals surface area contributed by atoms with Crippen LogP contribution < -0.4 is 11.1 Å². The summed E-state index contributed by atoms with van der Waals surface area (Å²) in [6.07, 6.45) is 2.97. The summed E-state index contributed by atoms with van der Waals surface area (Å²) < 4.78 is 14.8. The lowest BCUT2D eigenvalue weighted by molar-refractivity contribution is -0.151. The average molecular weight is 615 g/mol. The van der Waals surface area contributed by atoms with Gasteiger partial charge in [-0.1, -0.05) is 23.4 Å². The highest BCUT2D eigenvalue weighted by Gasteiger charge is 2.40. The maximum absolute atomic E-state index is 13.5. The summed E-state index contributed by atoms with van der Waals surface area (Å²) in [6.45, 7) is 2.81. The molecular weight excluding hydrogens is 584 g/mol. The number of ether oxygens (including phenoxy) is 2. The number of anilines is 1. The minimum Gasteiger partial charge on any atom is -0.508 e. The molecule has 1 fully saturated rings. The number of aromatic nitrogens is 2. The number of H-pyrrole nitrogens is 1. The fourth-order valence-corrected chi connectivity index (χ4v) is 4.41. The van der Waals surface area contributed by atoms with Gasteiger partial charge in [-0.3, -0.25) is 14.4 Å². The van der Waals surface area contributed by atoms with Crippen LogP contribution in [0.5, 0.6) is 5.75 Å². The molecule has 0 unspecified atom stereocenters. The number of rotatable bonds is 10. The number of nitrogens with two attached hydrogens (primary N) is 1. The summed E-state index contributed by atoms with van der Waals surface area (Å²) in [5.41, 5.74) is 9.45. The number of benzene rings is 2. The van der Waals surface area contributed by atoms with Gasteiger partial charge >= 0.3 is 12.1 Å². The van der Waals surface area contributed by atoms with Crippen LogP contribution >= 0.6 is 0 Å². The van der Waals surface area contributed by atoms with E-state index < -0.39 is 30.7 Å². The number of imide groups is 1. The number of aryl methyl sites for hydroxylation is 1. The first-order valence-electron chi connectivity index (χ1n) is 13.9. The van der Waals surface area contributed by atoms with E-state index in [0.29, 0.717) is 40.9 Å². The molecule has 14 heteroatoms. The fourth-order valence-electron chi connectivity index (χ4n) is 4.41. The van der Waals surface area contributed by atoms with Crippen molar-refractivity contribution in [3.63, 3.8) is 0 Å². The second-order valence-electron chi connectivity index (χ2n) is 10.3. The Bertz CT molecular complexity index is 1760. The number of carbonyl (C=O) groups excluding carboxylic acids is 4. The molecule has 1 aliphatic carbocycles. The third-order valence-corrected chi connectivity index (χ3v) is 7.03. The van der Waals surface area contributed by atoms with E-state index in [2.05, 4.69) is 20.4 Å². The van der Waals surface area contributed by atoms with Gasteiger partial charge in [-0.2, -0.15) is 0 Å². The molecule has 1 saturated carbocycles. The summed E-state index contributed by atoms with van der Waals surface area (Å²) in [6, 6.07) is 12.1. The standard InChI is InChI=1S/C31H30N6O8/c1-17-3-6-20(29(40)35-25-11-12-45-36-25)14-24(17)34-28(32)27-18(2)23(15-33-27)30(41)37(21-7-8-21)31(42)44-16-43-26(39)13-19-4-9-22(38)10-5-19/h3-6,9-12,14-15,21,33,38H,7-8,13,16H2,1-2H3,(H2,32,34)(H,35,36,40). The van der Waals surface area contributed by atoms with Crippen LogP contribution in [-0.4, -0.2) is 62.7 Å². The number of amidine groups is 1. The Labute approximate surface area is 256 Å². The molecule has 2 heterocycles. The molecule has 1 aliphatic rings. The fraction of sp³-hybridized carbons (Fsp3) is 0.226. The van der Waals surface area contributed by atoms with Crippen molar-refractivity contribution >= 4 is 41.2 Å². The predicted molar refractivity (Wildman–Crippen MR) is 160 cm³/mol. The van der Waals surface area contributed by atoms with Crippen molar-refractivity contribution < 1.29 is 38.3 Å². The van der Waals surface area contributed by atoms with Gasteiger partial charge in [0, 0.05) is 23.9 Å². The minimum atomic E-state index is -0.944. The number of phenolic OH excluding ortho intramolecular Hbond substituents is 1. The molecule has 14 nitrogen and oxygen atoms in total. The number of hydrogen-bond acceptors (Lipinski definition) is 10. The lowest BCUT2D eigenvalue weighted by atomic mass is 10.1. The topological polar surface area (TPSA) is 202 Å². The number of esters is 1. The molecule has 0 spiro atoms. The SMILES string of the molecule is Cc1ccc(C(=O)Nc2ccon2)cc1N=C(N)c1[nH]cc(C(=O)N(C(=O)OCOC(=O)Cc2ccc(O)cc2)C2CC2)c1C. The Morgan fingerprint density at radius 1 is 1.11 bits per heavy atom. The third-order valence-electron chi connectivity index (χ3n) is 7.03. The van der Waals surface area contributed by atoms with Crippen LogP contribution in [-0.2, 0) is 20.7 Å². The van der Waals surface area contributed by atoms with Crippen LogP contribution in [0.4, 0.5) is 16.3 Å². The second kappa shape index (κ2) is 13.2. The van der Waals surface area contributed by atoms with Crippen molar-refractivity contribution in [2.24, 2.45) is 10.7 Å². The number of aromatic amines is 1. The second-order valence-corrected chi connectivity index (χ2v) is 10.3. The van der Waals surface area contributed by atoms with E-state index >= 15 is 0 Å². The van der Waals surface area contributed by atoms with Crippen molar-refractivity contribution in [1.82, 2.24) is 15.0 Å². The molecule has 45 heavy (non-hydrogen) atoms. The maximum atomic E-state index is 13.5. The van der Waals surface area contributed by atoms with Crippen LogP contribution in [0, 0.1) is 13.8 Å². The molecule has 0 bridgehead atoms. The molecule has 0 radical (unpaired) electrons. The van der Waals surface area contributed by atoms with Crippen molar-refractivity contribution in [2.45, 2.75) is 39.2 Å². The van der Waals surface area contributed by atoms with Gasteiger partial charge in [0.25, 0.3) is 11.8 Å². The first-order valence-corrected chi connectivity index (χ1v) is 13.9. The Hall–Kier alpha value is -5.92.